The summed E-state index contributed by atoms with van der Waals surface area (Å²) in [5.41, 5.74) is 0. The summed E-state index contributed by atoms with van der Waals surface area (Å²) in [6.07, 6.45) is 1.21. The van der Waals surface area contributed by atoms with E-state index in [4.69, 9.17) is 11.6 Å². The van der Waals surface area contributed by atoms with E-state index in [1.165, 1.54) is 6.42 Å². The Labute approximate surface area is 70.0 Å². The zero-order valence-electron chi connectivity index (χ0n) is 7.52. The predicted molar refractivity (Wildman–Crippen MR) is 48.5 cm³/mol. The number of halogens is 1. The molecule has 2 unspecified atom stereocenters. The van der Waals surface area contributed by atoms with E-state index in [0.29, 0.717) is 5.92 Å². The maximum absolute atomic E-state index is 5.81. The first-order valence-corrected chi connectivity index (χ1v) is 4.72. The number of rotatable bonds is 4. The number of alkyl halides is 1. The largest absolute Gasteiger partial charge is 0.126 e. The second-order valence-electron chi connectivity index (χ2n) is 3.43. The Morgan fingerprint density at radius 2 is 1.70 bits per heavy atom. The summed E-state index contributed by atoms with van der Waals surface area (Å²) in [5, 5.41) is 0. The molecule has 0 aromatic heterocycles. The van der Waals surface area contributed by atoms with Crippen molar-refractivity contribution < 1.29 is 0 Å². The molecule has 0 nitrogen and oxygen atoms in total. The van der Waals surface area contributed by atoms with Crippen LogP contribution in [0.3, 0.4) is 0 Å². The summed E-state index contributed by atoms with van der Waals surface area (Å²) in [6.45, 7) is 9.03. The smallest absolute Gasteiger partial charge is 0.0254 e. The van der Waals surface area contributed by atoms with E-state index >= 15 is 0 Å². The summed E-state index contributed by atoms with van der Waals surface area (Å²) >= 11 is 5.81. The lowest BCUT2D eigenvalue weighted by Crippen LogP contribution is -2.17. The van der Waals surface area contributed by atoms with Gasteiger partial charge in [-0.15, -0.1) is 11.6 Å². The van der Waals surface area contributed by atoms with E-state index in [1.54, 1.807) is 0 Å². The van der Waals surface area contributed by atoms with Crippen LogP contribution in [0.5, 0.6) is 0 Å². The molecular formula is C9H19Cl. The molecule has 0 fully saturated rings. The third-order valence-corrected chi connectivity index (χ3v) is 2.91. The highest BCUT2D eigenvalue weighted by Crippen LogP contribution is 2.23. The van der Waals surface area contributed by atoms with Crippen molar-refractivity contribution in [2.45, 2.75) is 34.1 Å². The van der Waals surface area contributed by atoms with Crippen LogP contribution in [-0.4, -0.2) is 5.88 Å². The highest BCUT2D eigenvalue weighted by atomic mass is 35.5. The highest BCUT2D eigenvalue weighted by Gasteiger charge is 2.16. The van der Waals surface area contributed by atoms with Crippen LogP contribution in [0.4, 0.5) is 0 Å². The lowest BCUT2D eigenvalue weighted by molar-refractivity contribution is 0.293. The zero-order valence-corrected chi connectivity index (χ0v) is 8.28. The molecule has 0 radical (unpaired) electrons. The van der Waals surface area contributed by atoms with Crippen LogP contribution < -0.4 is 0 Å². The van der Waals surface area contributed by atoms with Crippen LogP contribution in [0, 0.1) is 17.8 Å². The quantitative estimate of drug-likeness (QED) is 0.555. The standard InChI is InChI=1S/C9H19Cl/c1-5-9(6-10)8(4)7(2)3/h7-9H,5-6H2,1-4H3. The Hall–Kier alpha value is 0.290. The van der Waals surface area contributed by atoms with Gasteiger partial charge < -0.3 is 0 Å². The predicted octanol–water partition coefficient (Wildman–Crippen LogP) is 3.54. The van der Waals surface area contributed by atoms with Crippen LogP contribution in [0.2, 0.25) is 0 Å². The van der Waals surface area contributed by atoms with Crippen molar-refractivity contribution >= 4 is 11.6 Å². The van der Waals surface area contributed by atoms with Gasteiger partial charge in [0.2, 0.25) is 0 Å². The molecule has 0 amide bonds. The van der Waals surface area contributed by atoms with E-state index < -0.39 is 0 Å². The average Bonchev–Trinajstić information content (AvgIpc) is 1.90. The van der Waals surface area contributed by atoms with Gasteiger partial charge in [0.15, 0.2) is 0 Å². The summed E-state index contributed by atoms with van der Waals surface area (Å²) in [6, 6.07) is 0. The molecule has 2 atom stereocenters. The van der Waals surface area contributed by atoms with E-state index in [9.17, 15) is 0 Å². The SMILES string of the molecule is CCC(CCl)C(C)C(C)C. The van der Waals surface area contributed by atoms with E-state index in [-0.39, 0.29) is 0 Å². The Morgan fingerprint density at radius 1 is 1.20 bits per heavy atom. The first-order valence-electron chi connectivity index (χ1n) is 4.19. The Balaban J connectivity index is 3.76. The molecular weight excluding hydrogens is 144 g/mol. The molecule has 1 heteroatoms. The van der Waals surface area contributed by atoms with Crippen LogP contribution in [0.15, 0.2) is 0 Å². The molecule has 0 aliphatic rings. The fraction of sp³-hybridized carbons (Fsp3) is 1.00. The molecule has 0 aliphatic carbocycles. The molecule has 0 spiro atoms. The van der Waals surface area contributed by atoms with Crippen molar-refractivity contribution in [1.82, 2.24) is 0 Å². The molecule has 0 heterocycles. The Kier molecular flexibility index (Phi) is 5.15. The molecule has 0 N–H and O–H groups in total. The molecule has 0 rings (SSSR count). The third-order valence-electron chi connectivity index (χ3n) is 2.52. The van der Waals surface area contributed by atoms with E-state index in [1.807, 2.05) is 0 Å². The summed E-state index contributed by atoms with van der Waals surface area (Å²) in [7, 11) is 0. The van der Waals surface area contributed by atoms with Gasteiger partial charge in [0, 0.05) is 5.88 Å². The van der Waals surface area contributed by atoms with Gasteiger partial charge in [-0.25, -0.2) is 0 Å². The monoisotopic (exact) mass is 162 g/mol. The number of hydrogen-bond donors (Lipinski definition) is 0. The maximum atomic E-state index is 5.81. The van der Waals surface area contributed by atoms with Crippen molar-refractivity contribution in [2.75, 3.05) is 5.88 Å². The van der Waals surface area contributed by atoms with Crippen molar-refractivity contribution in [1.29, 1.82) is 0 Å². The van der Waals surface area contributed by atoms with E-state index in [2.05, 4.69) is 27.7 Å². The van der Waals surface area contributed by atoms with Crippen molar-refractivity contribution in [2.24, 2.45) is 17.8 Å². The third kappa shape index (κ3) is 2.92. The summed E-state index contributed by atoms with van der Waals surface area (Å²) in [5.74, 6) is 3.06. The topological polar surface area (TPSA) is 0 Å². The molecule has 0 aliphatic heterocycles. The molecule has 10 heavy (non-hydrogen) atoms. The second kappa shape index (κ2) is 5.01. The Bertz CT molecular complexity index is 74.8. The minimum Gasteiger partial charge on any atom is -0.126 e. The zero-order chi connectivity index (χ0) is 8.15. The average molecular weight is 163 g/mol. The normalized spacial score (nSPS) is 17.4. The first-order chi connectivity index (χ1) is 4.63. The molecule has 62 valence electrons. The van der Waals surface area contributed by atoms with Gasteiger partial charge >= 0.3 is 0 Å². The Morgan fingerprint density at radius 3 is 1.80 bits per heavy atom. The first kappa shape index (κ1) is 10.3. The van der Waals surface area contributed by atoms with Gasteiger partial charge in [0.1, 0.15) is 0 Å². The molecule has 0 saturated carbocycles. The van der Waals surface area contributed by atoms with Gasteiger partial charge in [-0.1, -0.05) is 34.1 Å². The van der Waals surface area contributed by atoms with Gasteiger partial charge in [0.25, 0.3) is 0 Å². The highest BCUT2D eigenvalue weighted by molar-refractivity contribution is 6.18. The summed E-state index contributed by atoms with van der Waals surface area (Å²) < 4.78 is 0. The van der Waals surface area contributed by atoms with Crippen LogP contribution in [0.25, 0.3) is 0 Å². The van der Waals surface area contributed by atoms with Crippen LogP contribution in [-0.2, 0) is 0 Å². The fourth-order valence-electron chi connectivity index (χ4n) is 1.17. The second-order valence-corrected chi connectivity index (χ2v) is 3.73. The van der Waals surface area contributed by atoms with Gasteiger partial charge in [0.05, 0.1) is 0 Å². The lowest BCUT2D eigenvalue weighted by atomic mass is 9.85. The van der Waals surface area contributed by atoms with Crippen molar-refractivity contribution in [3.63, 3.8) is 0 Å². The van der Waals surface area contributed by atoms with Gasteiger partial charge in [-0.2, -0.15) is 0 Å². The molecule has 0 aromatic carbocycles. The minimum absolute atomic E-state index is 0.710. The maximum Gasteiger partial charge on any atom is 0.0254 e. The van der Waals surface area contributed by atoms with Crippen LogP contribution >= 0.6 is 11.6 Å². The van der Waals surface area contributed by atoms with Crippen molar-refractivity contribution in [3.8, 4) is 0 Å². The van der Waals surface area contributed by atoms with E-state index in [0.717, 1.165) is 17.7 Å². The number of hydrogen-bond acceptors (Lipinski definition) is 0. The van der Waals surface area contributed by atoms with Crippen molar-refractivity contribution in [3.05, 3.63) is 0 Å². The molecule has 0 aromatic rings. The van der Waals surface area contributed by atoms with Gasteiger partial charge in [-0.3, -0.25) is 0 Å². The fourth-order valence-corrected chi connectivity index (χ4v) is 1.67. The van der Waals surface area contributed by atoms with Gasteiger partial charge in [-0.05, 0) is 17.8 Å². The molecule has 0 bridgehead atoms. The lowest BCUT2D eigenvalue weighted by Gasteiger charge is -2.23. The van der Waals surface area contributed by atoms with Crippen LogP contribution in [0.1, 0.15) is 34.1 Å². The molecule has 0 saturated heterocycles. The minimum atomic E-state index is 0.710. The summed E-state index contributed by atoms with van der Waals surface area (Å²) in [4.78, 5) is 0.